The minimum absolute atomic E-state index is 0.375. The van der Waals surface area contributed by atoms with Crippen LogP contribution in [-0.4, -0.2) is 29.5 Å². The minimum atomic E-state index is 0.375. The molecule has 9 aromatic carbocycles. The standard InChI is InChI=1S/C65H36N10/c66-37-41-27-42(38-67)30-52(29-41)49-21-24-59-54(33-49)55-34-50(53-31-43(39-68)28-44(32-53)40-69)22-25-60(55)75(59)61-26-23-51(64-70-57(45-13-5-1-6-14-45)36-58(71-64)46-15-7-2-8-16-46)35-56(61)65-73-62(47-17-9-3-10-18-47)72-63(74-65)48-19-11-4-12-20-48/h1-36H. The van der Waals surface area contributed by atoms with Gasteiger partial charge in [0.05, 0.1) is 74.6 Å². The van der Waals surface area contributed by atoms with Gasteiger partial charge < -0.3 is 4.57 Å². The second-order valence-electron chi connectivity index (χ2n) is 17.8. The predicted molar refractivity (Wildman–Crippen MR) is 292 cm³/mol. The van der Waals surface area contributed by atoms with Crippen LogP contribution in [0.15, 0.2) is 218 Å². The maximum Gasteiger partial charge on any atom is 0.166 e. The van der Waals surface area contributed by atoms with E-state index in [1.165, 1.54) is 0 Å². The number of fused-ring (bicyclic) bond motifs is 3. The molecule has 0 unspecified atom stereocenters. The Bertz CT molecular complexity index is 4080. The van der Waals surface area contributed by atoms with Gasteiger partial charge in [-0.15, -0.1) is 0 Å². The molecule has 0 radical (unpaired) electrons. The van der Waals surface area contributed by atoms with Crippen LogP contribution in [0, 0.1) is 45.3 Å². The largest absolute Gasteiger partial charge is 0.308 e. The highest BCUT2D eigenvalue weighted by molar-refractivity contribution is 6.12. The summed E-state index contributed by atoms with van der Waals surface area (Å²) < 4.78 is 2.20. The molecule has 0 aliphatic rings. The smallest absolute Gasteiger partial charge is 0.166 e. The molecule has 75 heavy (non-hydrogen) atoms. The van der Waals surface area contributed by atoms with Gasteiger partial charge in [0, 0.05) is 44.2 Å². The average molecular weight is 957 g/mol. The van der Waals surface area contributed by atoms with Crippen molar-refractivity contribution < 1.29 is 0 Å². The number of benzene rings is 9. The van der Waals surface area contributed by atoms with Crippen molar-refractivity contribution in [2.24, 2.45) is 0 Å². The summed E-state index contributed by atoms with van der Waals surface area (Å²) in [6, 6.07) is 79.4. The minimum Gasteiger partial charge on any atom is -0.308 e. The fourth-order valence-corrected chi connectivity index (χ4v) is 9.56. The molecule has 0 amide bonds. The molecule has 0 bridgehead atoms. The van der Waals surface area contributed by atoms with Crippen molar-refractivity contribution in [3.63, 3.8) is 0 Å². The lowest BCUT2D eigenvalue weighted by atomic mass is 9.97. The van der Waals surface area contributed by atoms with E-state index in [9.17, 15) is 21.0 Å². The Balaban J connectivity index is 1.16. The highest BCUT2D eigenvalue weighted by Crippen LogP contribution is 2.41. The number of hydrogen-bond donors (Lipinski definition) is 0. The van der Waals surface area contributed by atoms with Crippen molar-refractivity contribution in [1.29, 1.82) is 21.0 Å². The molecular weight excluding hydrogens is 921 g/mol. The second-order valence-corrected chi connectivity index (χ2v) is 17.8. The van der Waals surface area contributed by atoms with Crippen LogP contribution in [0.2, 0.25) is 0 Å². The van der Waals surface area contributed by atoms with Crippen LogP contribution in [0.4, 0.5) is 0 Å². The first-order chi connectivity index (χ1) is 36.9. The summed E-state index contributed by atoms with van der Waals surface area (Å²) in [5.74, 6) is 1.91. The highest BCUT2D eigenvalue weighted by atomic mass is 15.1. The lowest BCUT2D eigenvalue weighted by Crippen LogP contribution is -2.04. The molecule has 0 fully saturated rings. The van der Waals surface area contributed by atoms with Crippen molar-refractivity contribution in [3.05, 3.63) is 241 Å². The van der Waals surface area contributed by atoms with Crippen molar-refractivity contribution in [1.82, 2.24) is 29.5 Å². The maximum absolute atomic E-state index is 9.97. The van der Waals surface area contributed by atoms with E-state index in [4.69, 9.17) is 24.9 Å². The zero-order valence-corrected chi connectivity index (χ0v) is 39.8. The Morgan fingerprint density at radius 2 is 0.653 bits per heavy atom. The molecule has 0 N–H and O–H groups in total. The summed E-state index contributed by atoms with van der Waals surface area (Å²) in [5.41, 5.74) is 13.4. The molecule has 12 rings (SSSR count). The SMILES string of the molecule is N#Cc1cc(C#N)cc(-c2ccc3c(c2)c2cc(-c4cc(C#N)cc(C#N)c4)ccc2n3-c2ccc(-c3nc(-c4ccccc4)cc(-c4ccccc4)n3)cc2-c2nc(-c3ccccc3)nc(-c3ccccc3)n2)c1. The van der Waals surface area contributed by atoms with Gasteiger partial charge in [0.25, 0.3) is 0 Å². The molecule has 0 spiro atoms. The Labute approximate surface area is 431 Å². The fraction of sp³-hybridized carbons (Fsp3) is 0. The van der Waals surface area contributed by atoms with Crippen molar-refractivity contribution in [2.45, 2.75) is 0 Å². The summed E-state index contributed by atoms with van der Waals surface area (Å²) in [7, 11) is 0. The van der Waals surface area contributed by atoms with Crippen molar-refractivity contribution >= 4 is 21.8 Å². The highest BCUT2D eigenvalue weighted by Gasteiger charge is 2.23. The molecular formula is C65H36N10. The third-order valence-electron chi connectivity index (χ3n) is 13.1. The van der Waals surface area contributed by atoms with Crippen LogP contribution in [0.5, 0.6) is 0 Å². The summed E-state index contributed by atoms with van der Waals surface area (Å²) in [5, 5.41) is 41.6. The first-order valence-electron chi connectivity index (χ1n) is 23.9. The van der Waals surface area contributed by atoms with Gasteiger partial charge in [-0.2, -0.15) is 21.0 Å². The Hall–Kier alpha value is -11.2. The lowest BCUT2D eigenvalue weighted by molar-refractivity contribution is 1.06. The van der Waals surface area contributed by atoms with Gasteiger partial charge in [-0.05, 0) is 107 Å². The average Bonchev–Trinajstić information content (AvgIpc) is 3.88. The summed E-state index contributed by atoms with van der Waals surface area (Å²) >= 11 is 0. The zero-order valence-electron chi connectivity index (χ0n) is 39.8. The van der Waals surface area contributed by atoms with Crippen molar-refractivity contribution in [3.8, 4) is 120 Å². The molecule has 10 nitrogen and oxygen atoms in total. The molecule has 10 heteroatoms. The van der Waals surface area contributed by atoms with E-state index in [2.05, 4.69) is 53.1 Å². The predicted octanol–water partition coefficient (Wildman–Crippen LogP) is 14.6. The molecule has 12 aromatic rings. The number of hydrogen-bond acceptors (Lipinski definition) is 9. The molecule has 0 aliphatic carbocycles. The summed E-state index contributed by atoms with van der Waals surface area (Å²) in [6.45, 7) is 0. The van der Waals surface area contributed by atoms with Gasteiger partial charge in [0.15, 0.2) is 23.3 Å². The van der Waals surface area contributed by atoms with Gasteiger partial charge in [0.1, 0.15) is 0 Å². The Morgan fingerprint density at radius 1 is 0.280 bits per heavy atom. The summed E-state index contributed by atoms with van der Waals surface area (Å²) in [6.07, 6.45) is 0. The first-order valence-corrected chi connectivity index (χ1v) is 23.9. The molecule has 0 saturated heterocycles. The number of nitrogens with zero attached hydrogens (tertiary/aromatic N) is 10. The van der Waals surface area contributed by atoms with Gasteiger partial charge >= 0.3 is 0 Å². The zero-order chi connectivity index (χ0) is 50.8. The Morgan fingerprint density at radius 3 is 1.07 bits per heavy atom. The fourth-order valence-electron chi connectivity index (χ4n) is 9.56. The Kier molecular flexibility index (Phi) is 11.5. The third-order valence-corrected chi connectivity index (χ3v) is 13.1. The van der Waals surface area contributed by atoms with Crippen LogP contribution in [0.25, 0.3) is 118 Å². The van der Waals surface area contributed by atoms with E-state index < -0.39 is 0 Å². The lowest BCUT2D eigenvalue weighted by Gasteiger charge is -2.17. The maximum atomic E-state index is 9.97. The van der Waals surface area contributed by atoms with Gasteiger partial charge in [-0.3, -0.25) is 0 Å². The number of aromatic nitrogens is 6. The quantitative estimate of drug-likeness (QED) is 0.137. The number of nitriles is 4. The van der Waals surface area contributed by atoms with E-state index in [0.717, 1.165) is 89.0 Å². The van der Waals surface area contributed by atoms with E-state index in [1.807, 2.05) is 158 Å². The first kappa shape index (κ1) is 45.0. The monoisotopic (exact) mass is 956 g/mol. The van der Waals surface area contributed by atoms with E-state index in [1.54, 1.807) is 36.4 Å². The molecule has 3 aromatic heterocycles. The van der Waals surface area contributed by atoms with E-state index >= 15 is 0 Å². The molecule has 0 saturated carbocycles. The van der Waals surface area contributed by atoms with Crippen LogP contribution in [0.3, 0.4) is 0 Å². The van der Waals surface area contributed by atoms with Gasteiger partial charge in [-0.25, -0.2) is 24.9 Å². The van der Waals surface area contributed by atoms with E-state index in [0.29, 0.717) is 51.1 Å². The number of rotatable bonds is 9. The summed E-state index contributed by atoms with van der Waals surface area (Å²) in [4.78, 5) is 26.1. The van der Waals surface area contributed by atoms with Crippen LogP contribution in [-0.2, 0) is 0 Å². The molecule has 3 heterocycles. The second kappa shape index (κ2) is 19.2. The normalized spacial score (nSPS) is 10.9. The van der Waals surface area contributed by atoms with Crippen LogP contribution < -0.4 is 0 Å². The van der Waals surface area contributed by atoms with Crippen molar-refractivity contribution in [2.75, 3.05) is 0 Å². The van der Waals surface area contributed by atoms with Crippen LogP contribution in [0.1, 0.15) is 22.3 Å². The molecule has 0 atom stereocenters. The van der Waals surface area contributed by atoms with E-state index in [-0.39, 0.29) is 0 Å². The molecule has 346 valence electrons. The van der Waals surface area contributed by atoms with Gasteiger partial charge in [0.2, 0.25) is 0 Å². The topological polar surface area (TPSA) is 165 Å². The molecule has 0 aliphatic heterocycles. The van der Waals surface area contributed by atoms with Gasteiger partial charge in [-0.1, -0.05) is 133 Å². The van der Waals surface area contributed by atoms with Crippen LogP contribution >= 0.6 is 0 Å². The third kappa shape index (κ3) is 8.66.